The fourth-order valence-corrected chi connectivity index (χ4v) is 1.41. The molecule has 0 aromatic carbocycles. The fourth-order valence-electron chi connectivity index (χ4n) is 1.03. The lowest BCUT2D eigenvalue weighted by Gasteiger charge is -1.99. The Kier molecular flexibility index (Phi) is 2.29. The van der Waals surface area contributed by atoms with Gasteiger partial charge < -0.3 is 4.98 Å². The van der Waals surface area contributed by atoms with E-state index in [9.17, 15) is 13.2 Å². The maximum atomic E-state index is 12.2. The van der Waals surface area contributed by atoms with Crippen molar-refractivity contribution in [2.45, 2.75) is 6.18 Å². The first-order valence-corrected chi connectivity index (χ1v) is 4.60. The summed E-state index contributed by atoms with van der Waals surface area (Å²) in [6.45, 7) is 0. The predicted molar refractivity (Wildman–Crippen MR) is 48.9 cm³/mol. The number of aromatic nitrogens is 4. The summed E-state index contributed by atoms with van der Waals surface area (Å²) in [5.41, 5.74) is -0.655. The first-order valence-electron chi connectivity index (χ1n) is 3.81. The summed E-state index contributed by atoms with van der Waals surface area (Å²) < 4.78 is 37.2. The number of aromatic amines is 2. The molecular formula is C7H4BrF3N4. The van der Waals surface area contributed by atoms with Crippen molar-refractivity contribution in [3.8, 4) is 11.5 Å². The molecule has 0 atom stereocenters. The highest BCUT2D eigenvalue weighted by Gasteiger charge is 2.34. The number of imidazole rings is 1. The number of H-pyrrole nitrogens is 2. The monoisotopic (exact) mass is 280 g/mol. The quantitative estimate of drug-likeness (QED) is 0.844. The largest absolute Gasteiger partial charge is 0.434 e. The molecule has 0 spiro atoms. The van der Waals surface area contributed by atoms with E-state index in [0.717, 1.165) is 6.20 Å². The van der Waals surface area contributed by atoms with Crippen LogP contribution in [0.25, 0.3) is 11.5 Å². The second-order valence-corrected chi connectivity index (χ2v) is 3.57. The van der Waals surface area contributed by atoms with Gasteiger partial charge in [0, 0.05) is 12.4 Å². The summed E-state index contributed by atoms with van der Waals surface area (Å²) in [6.07, 6.45) is -2.14. The van der Waals surface area contributed by atoms with Gasteiger partial charge in [0.05, 0.1) is 4.47 Å². The standard InChI is InChI=1S/C7H4BrF3N4/c8-3-1-13-15-5(3)6-12-2-4(14-6)7(9,10)11/h1-2H,(H,12,14)(H,13,15). The predicted octanol–water partition coefficient (Wildman–Crippen LogP) is 2.58. The van der Waals surface area contributed by atoms with E-state index in [0.29, 0.717) is 10.2 Å². The van der Waals surface area contributed by atoms with Crippen LogP contribution < -0.4 is 0 Å². The van der Waals surface area contributed by atoms with Gasteiger partial charge in [-0.1, -0.05) is 0 Å². The highest BCUT2D eigenvalue weighted by molar-refractivity contribution is 9.10. The van der Waals surface area contributed by atoms with E-state index in [-0.39, 0.29) is 5.82 Å². The molecule has 2 rings (SSSR count). The summed E-state index contributed by atoms with van der Waals surface area (Å²) in [4.78, 5) is 5.80. The maximum absolute atomic E-state index is 12.2. The summed E-state index contributed by atoms with van der Waals surface area (Å²) in [7, 11) is 0. The van der Waals surface area contributed by atoms with Crippen LogP contribution in [0.4, 0.5) is 13.2 Å². The number of hydrogen-bond donors (Lipinski definition) is 2. The van der Waals surface area contributed by atoms with Gasteiger partial charge in [-0.15, -0.1) is 0 Å². The lowest BCUT2D eigenvalue weighted by molar-refractivity contribution is -0.140. The first kappa shape index (κ1) is 10.2. The Bertz CT molecular complexity index is 473. The highest BCUT2D eigenvalue weighted by atomic mass is 79.9. The molecule has 2 aromatic rings. The maximum Gasteiger partial charge on any atom is 0.434 e. The molecule has 2 heterocycles. The van der Waals surface area contributed by atoms with Crippen LogP contribution in [0.3, 0.4) is 0 Å². The number of alkyl halides is 3. The molecule has 80 valence electrons. The third-order valence-corrected chi connectivity index (χ3v) is 2.29. The zero-order valence-electron chi connectivity index (χ0n) is 7.06. The van der Waals surface area contributed by atoms with E-state index in [1.54, 1.807) is 0 Å². The van der Waals surface area contributed by atoms with Gasteiger partial charge in [-0.05, 0) is 15.9 Å². The molecule has 2 aromatic heterocycles. The average molecular weight is 281 g/mol. The number of nitrogens with one attached hydrogen (secondary N) is 2. The van der Waals surface area contributed by atoms with Crippen LogP contribution in [0, 0.1) is 0 Å². The minimum absolute atomic E-state index is 0.0652. The van der Waals surface area contributed by atoms with Crippen LogP contribution >= 0.6 is 15.9 Å². The van der Waals surface area contributed by atoms with Gasteiger partial charge in [-0.25, -0.2) is 4.98 Å². The van der Waals surface area contributed by atoms with E-state index in [1.165, 1.54) is 6.20 Å². The van der Waals surface area contributed by atoms with Gasteiger partial charge in [0.2, 0.25) is 0 Å². The van der Waals surface area contributed by atoms with Gasteiger partial charge >= 0.3 is 6.18 Å². The number of hydrogen-bond acceptors (Lipinski definition) is 2. The van der Waals surface area contributed by atoms with Gasteiger partial charge in [-0.3, -0.25) is 5.10 Å². The Morgan fingerprint density at radius 3 is 2.47 bits per heavy atom. The van der Waals surface area contributed by atoms with Gasteiger partial charge in [-0.2, -0.15) is 18.3 Å². The third-order valence-electron chi connectivity index (χ3n) is 1.69. The molecule has 0 saturated heterocycles. The van der Waals surface area contributed by atoms with E-state index >= 15 is 0 Å². The van der Waals surface area contributed by atoms with Crippen molar-refractivity contribution in [1.29, 1.82) is 0 Å². The Balaban J connectivity index is 2.41. The summed E-state index contributed by atoms with van der Waals surface area (Å²) in [6, 6.07) is 0. The summed E-state index contributed by atoms with van der Waals surface area (Å²) in [5, 5.41) is 6.25. The molecule has 0 bridgehead atoms. The Morgan fingerprint density at radius 2 is 2.00 bits per heavy atom. The molecule has 15 heavy (non-hydrogen) atoms. The molecule has 2 N–H and O–H groups in total. The summed E-state index contributed by atoms with van der Waals surface area (Å²) >= 11 is 3.13. The van der Waals surface area contributed by atoms with Crippen molar-refractivity contribution >= 4 is 15.9 Å². The highest BCUT2D eigenvalue weighted by Crippen LogP contribution is 2.30. The topological polar surface area (TPSA) is 57.4 Å². The van der Waals surface area contributed by atoms with Gasteiger partial charge in [0.15, 0.2) is 11.5 Å². The minimum atomic E-state index is -4.45. The number of nitrogens with zero attached hydrogens (tertiary/aromatic N) is 2. The van der Waals surface area contributed by atoms with Crippen LogP contribution in [-0.4, -0.2) is 20.2 Å². The number of rotatable bonds is 1. The molecular weight excluding hydrogens is 277 g/mol. The van der Waals surface area contributed by atoms with Crippen LogP contribution in [0.5, 0.6) is 0 Å². The molecule has 0 unspecified atom stereocenters. The van der Waals surface area contributed by atoms with Crippen molar-refractivity contribution in [2.75, 3.05) is 0 Å². The van der Waals surface area contributed by atoms with E-state index in [4.69, 9.17) is 0 Å². The van der Waals surface area contributed by atoms with Crippen molar-refractivity contribution in [3.63, 3.8) is 0 Å². The second-order valence-electron chi connectivity index (χ2n) is 2.71. The van der Waals surface area contributed by atoms with E-state index < -0.39 is 11.9 Å². The van der Waals surface area contributed by atoms with Crippen LogP contribution in [-0.2, 0) is 6.18 Å². The minimum Gasteiger partial charge on any atom is -0.343 e. The van der Waals surface area contributed by atoms with Crippen molar-refractivity contribution in [2.24, 2.45) is 0 Å². The van der Waals surface area contributed by atoms with Crippen LogP contribution in [0.15, 0.2) is 16.9 Å². The van der Waals surface area contributed by atoms with E-state index in [1.807, 2.05) is 0 Å². The Morgan fingerprint density at radius 1 is 1.27 bits per heavy atom. The fraction of sp³-hybridized carbons (Fsp3) is 0.143. The van der Waals surface area contributed by atoms with Crippen LogP contribution in [0.2, 0.25) is 0 Å². The molecule has 4 nitrogen and oxygen atoms in total. The molecule has 0 aliphatic carbocycles. The average Bonchev–Trinajstić information content (AvgIpc) is 2.69. The first-order chi connectivity index (χ1) is 6.98. The lowest BCUT2D eigenvalue weighted by Crippen LogP contribution is -2.04. The smallest absolute Gasteiger partial charge is 0.343 e. The van der Waals surface area contributed by atoms with Crippen molar-refractivity contribution in [3.05, 3.63) is 22.6 Å². The van der Waals surface area contributed by atoms with Crippen molar-refractivity contribution in [1.82, 2.24) is 20.2 Å². The zero-order valence-corrected chi connectivity index (χ0v) is 8.65. The molecule has 0 amide bonds. The summed E-state index contributed by atoms with van der Waals surface area (Å²) in [5.74, 6) is 0.0652. The lowest BCUT2D eigenvalue weighted by atomic mass is 10.4. The molecule has 0 aliphatic heterocycles. The second kappa shape index (κ2) is 3.37. The van der Waals surface area contributed by atoms with Crippen LogP contribution in [0.1, 0.15) is 5.69 Å². The SMILES string of the molecule is FC(F)(F)c1c[nH]c(-c2n[nH]cc2Br)n1. The normalized spacial score (nSPS) is 12.0. The molecule has 0 radical (unpaired) electrons. The molecule has 0 aliphatic rings. The Hall–Kier alpha value is -1.31. The molecule has 0 saturated carbocycles. The molecule has 8 heteroatoms. The van der Waals surface area contributed by atoms with E-state index in [2.05, 4.69) is 36.1 Å². The molecule has 0 fully saturated rings. The van der Waals surface area contributed by atoms with Gasteiger partial charge in [0.1, 0.15) is 5.69 Å². The van der Waals surface area contributed by atoms with Crippen molar-refractivity contribution < 1.29 is 13.2 Å². The zero-order chi connectivity index (χ0) is 11.1. The van der Waals surface area contributed by atoms with Gasteiger partial charge in [0.25, 0.3) is 0 Å². The number of halogens is 4. The third kappa shape index (κ3) is 1.89. The Labute approximate surface area is 90.0 Å².